The molecule has 7 nitrogen and oxygen atoms in total. The highest BCUT2D eigenvalue weighted by atomic mass is 16.6. The number of carbonyl (C=O) groups excluding carboxylic acids is 2. The molecule has 1 aromatic rings. The summed E-state index contributed by atoms with van der Waals surface area (Å²) >= 11 is 0. The van der Waals surface area contributed by atoms with E-state index in [1.54, 1.807) is 4.90 Å². The largest absolute Gasteiger partial charge is 0.449 e. The van der Waals surface area contributed by atoms with Gasteiger partial charge in [0.25, 0.3) is 0 Å². The van der Waals surface area contributed by atoms with Gasteiger partial charge < -0.3 is 24.4 Å². The second-order valence-electron chi connectivity index (χ2n) is 9.38. The van der Waals surface area contributed by atoms with Crippen molar-refractivity contribution < 1.29 is 23.8 Å². The Bertz CT molecular complexity index is 818. The highest BCUT2D eigenvalue weighted by Gasteiger charge is 2.50. The van der Waals surface area contributed by atoms with Crippen molar-refractivity contribution in [3.63, 3.8) is 0 Å². The van der Waals surface area contributed by atoms with Crippen LogP contribution in [0.25, 0.3) is 0 Å². The maximum atomic E-state index is 13.1. The van der Waals surface area contributed by atoms with Crippen LogP contribution in [-0.2, 0) is 25.4 Å². The molecular formula is C24H32N2O5. The second kappa shape index (κ2) is 8.79. The Morgan fingerprint density at radius 3 is 2.77 bits per heavy atom. The molecule has 1 N–H and O–H groups in total. The minimum Gasteiger partial charge on any atom is -0.449 e. The molecule has 2 bridgehead atoms. The van der Waals surface area contributed by atoms with Crippen LogP contribution in [0.2, 0.25) is 0 Å². The van der Waals surface area contributed by atoms with E-state index in [0.717, 1.165) is 44.9 Å². The predicted molar refractivity (Wildman–Crippen MR) is 114 cm³/mol. The maximum Gasteiger partial charge on any atom is 0.410 e. The number of benzene rings is 1. The summed E-state index contributed by atoms with van der Waals surface area (Å²) in [6, 6.07) is 8.27. The van der Waals surface area contributed by atoms with Crippen molar-refractivity contribution in [2.75, 3.05) is 33.0 Å². The van der Waals surface area contributed by atoms with Gasteiger partial charge in [0.2, 0.25) is 5.91 Å². The van der Waals surface area contributed by atoms with E-state index >= 15 is 0 Å². The van der Waals surface area contributed by atoms with Crippen molar-refractivity contribution in [2.24, 2.45) is 0 Å². The van der Waals surface area contributed by atoms with Gasteiger partial charge in [-0.2, -0.15) is 0 Å². The third-order valence-electron chi connectivity index (χ3n) is 7.51. The molecule has 3 fully saturated rings. The number of nitrogens with zero attached hydrogens (tertiary/aromatic N) is 1. The highest BCUT2D eigenvalue weighted by molar-refractivity contribution is 5.79. The average Bonchev–Trinajstić information content (AvgIpc) is 2.78. The fourth-order valence-electron chi connectivity index (χ4n) is 5.90. The van der Waals surface area contributed by atoms with Crippen LogP contribution < -0.4 is 5.32 Å². The Morgan fingerprint density at radius 1 is 1.10 bits per heavy atom. The molecule has 1 spiro atoms. The molecule has 4 heterocycles. The molecule has 168 valence electrons. The smallest absolute Gasteiger partial charge is 0.410 e. The number of nitrogens with one attached hydrogen (secondary N) is 1. The summed E-state index contributed by atoms with van der Waals surface area (Å²) in [7, 11) is 0. The molecule has 1 saturated carbocycles. The first-order chi connectivity index (χ1) is 15.1. The van der Waals surface area contributed by atoms with Crippen LogP contribution >= 0.6 is 0 Å². The quantitative estimate of drug-likeness (QED) is 0.688. The molecule has 2 amide bonds. The van der Waals surface area contributed by atoms with E-state index in [4.69, 9.17) is 14.2 Å². The van der Waals surface area contributed by atoms with Gasteiger partial charge >= 0.3 is 6.09 Å². The molecule has 2 saturated heterocycles. The topological polar surface area (TPSA) is 77.1 Å². The van der Waals surface area contributed by atoms with Crippen molar-refractivity contribution in [1.29, 1.82) is 0 Å². The molecule has 6 rings (SSSR count). The van der Waals surface area contributed by atoms with Crippen LogP contribution in [0.3, 0.4) is 0 Å². The van der Waals surface area contributed by atoms with E-state index in [-0.39, 0.29) is 30.8 Å². The molecule has 0 aromatic heterocycles. The summed E-state index contributed by atoms with van der Waals surface area (Å²) in [5.74, 6) is 0.413. The van der Waals surface area contributed by atoms with Gasteiger partial charge in [0, 0.05) is 13.0 Å². The highest BCUT2D eigenvalue weighted by Crippen LogP contribution is 2.37. The SMILES string of the molecule is O=C1COCC2(CCCN3C(=O)OCCc4ccccc4[C@H]4CC[C@H](CC4)OCC32)N1. The molecule has 5 aliphatic rings. The molecule has 2 unspecified atom stereocenters. The number of rotatable bonds is 0. The van der Waals surface area contributed by atoms with Gasteiger partial charge in [-0.3, -0.25) is 4.79 Å². The first-order valence-electron chi connectivity index (χ1n) is 11.7. The van der Waals surface area contributed by atoms with Crippen LogP contribution in [0, 0.1) is 0 Å². The summed E-state index contributed by atoms with van der Waals surface area (Å²) in [6.07, 6.45) is 6.41. The number of hydrogen-bond donors (Lipinski definition) is 1. The average molecular weight is 429 g/mol. The van der Waals surface area contributed by atoms with Gasteiger partial charge in [0.05, 0.1) is 37.5 Å². The number of piperidine rings is 1. The molecule has 4 aliphatic heterocycles. The summed E-state index contributed by atoms with van der Waals surface area (Å²) in [6.45, 7) is 1.82. The molecule has 7 heteroatoms. The summed E-state index contributed by atoms with van der Waals surface area (Å²) in [4.78, 5) is 27.0. The van der Waals surface area contributed by atoms with E-state index in [2.05, 4.69) is 29.6 Å². The van der Waals surface area contributed by atoms with Crippen LogP contribution in [-0.4, -0.2) is 67.6 Å². The second-order valence-corrected chi connectivity index (χ2v) is 9.38. The number of hydrogen-bond acceptors (Lipinski definition) is 5. The van der Waals surface area contributed by atoms with Crippen molar-refractivity contribution in [2.45, 2.75) is 68.5 Å². The zero-order valence-electron chi connectivity index (χ0n) is 18.0. The van der Waals surface area contributed by atoms with Crippen molar-refractivity contribution in [3.8, 4) is 0 Å². The Balaban J connectivity index is 1.41. The first kappa shape index (κ1) is 20.8. The van der Waals surface area contributed by atoms with Gasteiger partial charge in [0.15, 0.2) is 0 Å². The summed E-state index contributed by atoms with van der Waals surface area (Å²) < 4.78 is 17.7. The zero-order valence-corrected chi connectivity index (χ0v) is 18.0. The van der Waals surface area contributed by atoms with Crippen LogP contribution in [0.15, 0.2) is 24.3 Å². The van der Waals surface area contributed by atoms with Gasteiger partial charge in [-0.05, 0) is 55.6 Å². The predicted octanol–water partition coefficient (Wildman–Crippen LogP) is 2.77. The van der Waals surface area contributed by atoms with E-state index in [1.807, 2.05) is 0 Å². The van der Waals surface area contributed by atoms with Crippen LogP contribution in [0.4, 0.5) is 4.79 Å². The van der Waals surface area contributed by atoms with Crippen molar-refractivity contribution >= 4 is 12.0 Å². The Hall–Kier alpha value is -2.12. The first-order valence-corrected chi connectivity index (χ1v) is 11.7. The lowest BCUT2D eigenvalue weighted by Crippen LogP contribution is -2.72. The lowest BCUT2D eigenvalue weighted by molar-refractivity contribution is -0.144. The normalized spacial score (nSPS) is 34.3. The zero-order chi connectivity index (χ0) is 21.3. The molecule has 2 atom stereocenters. The number of fused-ring (bicyclic) bond motifs is 6. The van der Waals surface area contributed by atoms with Crippen LogP contribution in [0.1, 0.15) is 55.6 Å². The van der Waals surface area contributed by atoms with Gasteiger partial charge in [-0.25, -0.2) is 4.79 Å². The van der Waals surface area contributed by atoms with Gasteiger partial charge in [-0.15, -0.1) is 0 Å². The van der Waals surface area contributed by atoms with E-state index in [9.17, 15) is 9.59 Å². The third-order valence-corrected chi connectivity index (χ3v) is 7.51. The van der Waals surface area contributed by atoms with E-state index < -0.39 is 5.54 Å². The lowest BCUT2D eigenvalue weighted by Gasteiger charge is -2.51. The van der Waals surface area contributed by atoms with Crippen molar-refractivity contribution in [3.05, 3.63) is 35.4 Å². The lowest BCUT2D eigenvalue weighted by atomic mass is 9.79. The summed E-state index contributed by atoms with van der Waals surface area (Å²) in [5.41, 5.74) is 2.07. The van der Waals surface area contributed by atoms with Gasteiger partial charge in [-0.1, -0.05) is 24.3 Å². The summed E-state index contributed by atoms with van der Waals surface area (Å²) in [5, 5.41) is 3.15. The molecule has 0 radical (unpaired) electrons. The monoisotopic (exact) mass is 428 g/mol. The molecule has 1 aliphatic carbocycles. The number of ether oxygens (including phenoxy) is 3. The molecular weight excluding hydrogens is 396 g/mol. The minimum absolute atomic E-state index is 0.0726. The van der Waals surface area contributed by atoms with Crippen molar-refractivity contribution in [1.82, 2.24) is 10.2 Å². The van der Waals surface area contributed by atoms with E-state index in [0.29, 0.717) is 32.3 Å². The Kier molecular flexibility index (Phi) is 5.89. The van der Waals surface area contributed by atoms with E-state index in [1.165, 1.54) is 11.1 Å². The number of morpholine rings is 1. The Morgan fingerprint density at radius 2 is 1.94 bits per heavy atom. The molecule has 1 aromatic carbocycles. The van der Waals surface area contributed by atoms with Crippen LogP contribution in [0.5, 0.6) is 0 Å². The molecule has 31 heavy (non-hydrogen) atoms. The third kappa shape index (κ3) is 4.17. The fourth-order valence-corrected chi connectivity index (χ4v) is 5.90. The Labute approximate surface area is 183 Å². The van der Waals surface area contributed by atoms with Gasteiger partial charge in [0.1, 0.15) is 6.61 Å². The standard InChI is InChI=1S/C24H32N2O5/c27-22-15-29-16-24(25-22)11-3-12-26-21(24)14-31-19-8-6-18(7-9-19)20-5-2-1-4-17(20)10-13-30-23(26)28/h1-2,4-5,18-19,21H,3,6-16H2,(H,25,27)/t18-,19+,21?,24?. The number of carbonyl (C=O) groups is 2. The fraction of sp³-hybridized carbons (Fsp3) is 0.667. The maximum absolute atomic E-state index is 13.1. The number of amides is 2. The minimum atomic E-state index is -0.604.